The van der Waals surface area contributed by atoms with Crippen LogP contribution in [0.3, 0.4) is 0 Å². The zero-order valence-electron chi connectivity index (χ0n) is 32.2. The van der Waals surface area contributed by atoms with Crippen molar-refractivity contribution in [2.24, 2.45) is 0 Å². The van der Waals surface area contributed by atoms with Crippen LogP contribution < -0.4 is 4.90 Å². The first kappa shape index (κ1) is 32.8. The van der Waals surface area contributed by atoms with Gasteiger partial charge in [-0.3, -0.25) is 0 Å². The lowest BCUT2D eigenvalue weighted by atomic mass is 9.80. The topological polar surface area (TPSA) is 8.17 Å². The Kier molecular flexibility index (Phi) is 6.98. The number of aromatic nitrogens is 1. The van der Waals surface area contributed by atoms with Crippen molar-refractivity contribution < 1.29 is 0 Å². The summed E-state index contributed by atoms with van der Waals surface area (Å²) in [4.78, 5) is 2.57. The summed E-state index contributed by atoms with van der Waals surface area (Å²) in [5.74, 6) is 0. The molecule has 0 saturated carbocycles. The molecule has 1 aromatic heterocycles. The third-order valence-corrected chi connectivity index (χ3v) is 12.7. The fourth-order valence-corrected chi connectivity index (χ4v) is 10.3. The van der Waals surface area contributed by atoms with Gasteiger partial charge in [-0.05, 0) is 110 Å². The first-order chi connectivity index (χ1) is 27.3. The highest BCUT2D eigenvalue weighted by molar-refractivity contribution is 6.10. The van der Waals surface area contributed by atoms with E-state index >= 15 is 0 Å². The van der Waals surface area contributed by atoms with Gasteiger partial charge in [0, 0.05) is 33.0 Å². The third kappa shape index (κ3) is 4.56. The van der Waals surface area contributed by atoms with E-state index in [-0.39, 0.29) is 10.8 Å². The van der Waals surface area contributed by atoms with Crippen LogP contribution in [0, 0.1) is 0 Å². The lowest BCUT2D eigenvalue weighted by Gasteiger charge is -2.35. The third-order valence-electron chi connectivity index (χ3n) is 12.7. The average Bonchev–Trinajstić information content (AvgIpc) is 3.79. The van der Waals surface area contributed by atoms with Crippen LogP contribution in [0.25, 0.3) is 60.9 Å². The fourth-order valence-electron chi connectivity index (χ4n) is 10.3. The maximum Gasteiger partial charge on any atom is 0.0541 e. The van der Waals surface area contributed by atoms with Gasteiger partial charge >= 0.3 is 0 Å². The number of para-hydroxylation sites is 2. The molecule has 0 radical (unpaired) electrons. The minimum atomic E-state index is -0.188. The van der Waals surface area contributed by atoms with Gasteiger partial charge in [-0.25, -0.2) is 0 Å². The Hall–Kier alpha value is -6.64. The highest BCUT2D eigenvalue weighted by Gasteiger charge is 2.42. The first-order valence-corrected chi connectivity index (χ1v) is 19.8. The smallest absolute Gasteiger partial charge is 0.0541 e. The standard InChI is InChI=1S/C54H42N2/c1-53(2)45-26-11-8-21-39(45)42-24-15-29-49(51(42)53)56(50-30-16-25-43-40-22-9-12-27-46(40)54(3,4)52(43)50)38-20-14-17-35(33-38)36-31-32-48-44(34-36)41-23-10-13-28-47(41)55(48)37-18-6-5-7-19-37/h5-34H,1-4H3. The van der Waals surface area contributed by atoms with E-state index in [2.05, 4.69) is 219 Å². The molecule has 8 aromatic carbocycles. The van der Waals surface area contributed by atoms with E-state index < -0.39 is 0 Å². The van der Waals surface area contributed by atoms with E-state index in [0.717, 1.165) is 5.69 Å². The second-order valence-electron chi connectivity index (χ2n) is 16.5. The van der Waals surface area contributed by atoms with Crippen LogP contribution in [0.1, 0.15) is 49.9 Å². The van der Waals surface area contributed by atoms with Gasteiger partial charge in [-0.15, -0.1) is 0 Å². The minimum Gasteiger partial charge on any atom is -0.310 e. The van der Waals surface area contributed by atoms with Crippen molar-refractivity contribution in [1.82, 2.24) is 4.57 Å². The van der Waals surface area contributed by atoms with E-state index in [0.29, 0.717) is 0 Å². The number of hydrogen-bond donors (Lipinski definition) is 0. The normalized spacial score (nSPS) is 14.4. The highest BCUT2D eigenvalue weighted by Crippen LogP contribution is 2.58. The molecule has 2 aliphatic carbocycles. The van der Waals surface area contributed by atoms with Crippen LogP contribution in [-0.4, -0.2) is 4.57 Å². The molecular formula is C54H42N2. The van der Waals surface area contributed by atoms with E-state index in [1.165, 1.54) is 94.5 Å². The molecule has 0 atom stereocenters. The summed E-state index contributed by atoms with van der Waals surface area (Å²) in [7, 11) is 0. The quantitative estimate of drug-likeness (QED) is 0.172. The Morgan fingerprint density at radius 1 is 0.393 bits per heavy atom. The van der Waals surface area contributed by atoms with Gasteiger partial charge < -0.3 is 9.47 Å². The Morgan fingerprint density at radius 2 is 0.911 bits per heavy atom. The van der Waals surface area contributed by atoms with Gasteiger partial charge in [-0.2, -0.15) is 0 Å². The molecule has 9 aromatic rings. The van der Waals surface area contributed by atoms with Crippen molar-refractivity contribution in [2.75, 3.05) is 4.90 Å². The minimum absolute atomic E-state index is 0.188. The summed E-state index contributed by atoms with van der Waals surface area (Å²) in [5.41, 5.74) is 20.0. The van der Waals surface area contributed by atoms with E-state index in [9.17, 15) is 0 Å². The molecule has 11 rings (SSSR count). The van der Waals surface area contributed by atoms with Crippen LogP contribution in [0.4, 0.5) is 17.1 Å². The van der Waals surface area contributed by atoms with Crippen molar-refractivity contribution in [2.45, 2.75) is 38.5 Å². The average molecular weight is 719 g/mol. The molecule has 1 heterocycles. The van der Waals surface area contributed by atoms with Crippen LogP contribution in [0.2, 0.25) is 0 Å². The van der Waals surface area contributed by atoms with Crippen molar-refractivity contribution >= 4 is 38.9 Å². The van der Waals surface area contributed by atoms with Gasteiger partial charge in [0.15, 0.2) is 0 Å². The molecule has 0 fully saturated rings. The molecule has 0 saturated heterocycles. The number of anilines is 3. The molecule has 2 heteroatoms. The summed E-state index contributed by atoms with van der Waals surface area (Å²) in [5, 5.41) is 2.51. The lowest BCUT2D eigenvalue weighted by Crippen LogP contribution is -2.24. The Labute approximate surface area is 328 Å². The van der Waals surface area contributed by atoms with Crippen molar-refractivity contribution in [3.05, 3.63) is 204 Å². The van der Waals surface area contributed by atoms with E-state index in [4.69, 9.17) is 0 Å². The van der Waals surface area contributed by atoms with Crippen LogP contribution >= 0.6 is 0 Å². The van der Waals surface area contributed by atoms with Crippen LogP contribution in [0.15, 0.2) is 182 Å². The number of rotatable bonds is 5. The number of benzene rings is 8. The van der Waals surface area contributed by atoms with Crippen LogP contribution in [0.5, 0.6) is 0 Å². The van der Waals surface area contributed by atoms with E-state index in [1.54, 1.807) is 0 Å². The van der Waals surface area contributed by atoms with E-state index in [1.807, 2.05) is 0 Å². The molecule has 0 bridgehead atoms. The van der Waals surface area contributed by atoms with Crippen molar-refractivity contribution in [3.8, 4) is 39.1 Å². The first-order valence-electron chi connectivity index (χ1n) is 19.8. The summed E-state index contributed by atoms with van der Waals surface area (Å²) in [6, 6.07) is 67.4. The second kappa shape index (κ2) is 11.9. The van der Waals surface area contributed by atoms with Crippen LogP contribution in [-0.2, 0) is 10.8 Å². The molecule has 0 N–H and O–H groups in total. The number of nitrogens with zero attached hydrogens (tertiary/aromatic N) is 2. The zero-order valence-corrected chi connectivity index (χ0v) is 32.2. The fraction of sp³-hybridized carbons (Fsp3) is 0.111. The van der Waals surface area contributed by atoms with Gasteiger partial charge in [-0.1, -0.05) is 155 Å². The maximum absolute atomic E-state index is 2.57. The van der Waals surface area contributed by atoms with Gasteiger partial charge in [0.1, 0.15) is 0 Å². The van der Waals surface area contributed by atoms with Crippen molar-refractivity contribution in [1.29, 1.82) is 0 Å². The molecule has 56 heavy (non-hydrogen) atoms. The van der Waals surface area contributed by atoms with Crippen molar-refractivity contribution in [3.63, 3.8) is 0 Å². The predicted octanol–water partition coefficient (Wildman–Crippen LogP) is 14.5. The molecule has 268 valence electrons. The summed E-state index contributed by atoms with van der Waals surface area (Å²) in [6.45, 7) is 9.58. The summed E-state index contributed by atoms with van der Waals surface area (Å²) in [6.07, 6.45) is 0. The Morgan fingerprint density at radius 3 is 1.57 bits per heavy atom. The SMILES string of the molecule is CC1(C)c2ccccc2-c2cccc(N(c3cccc(-c4ccc5c(c4)c4ccccc4n5-c4ccccc4)c3)c3cccc4c3C(C)(C)c3ccccc3-4)c21. The molecule has 0 amide bonds. The lowest BCUT2D eigenvalue weighted by molar-refractivity contribution is 0.656. The molecule has 0 spiro atoms. The Bertz CT molecular complexity index is 2930. The monoisotopic (exact) mass is 718 g/mol. The summed E-state index contributed by atoms with van der Waals surface area (Å²) < 4.78 is 2.39. The second-order valence-corrected chi connectivity index (χ2v) is 16.5. The van der Waals surface area contributed by atoms with Gasteiger partial charge in [0.25, 0.3) is 0 Å². The van der Waals surface area contributed by atoms with Gasteiger partial charge in [0.05, 0.1) is 22.4 Å². The molecule has 0 aliphatic heterocycles. The number of fused-ring (bicyclic) bond motifs is 9. The molecular weight excluding hydrogens is 677 g/mol. The predicted molar refractivity (Wildman–Crippen MR) is 236 cm³/mol. The van der Waals surface area contributed by atoms with Gasteiger partial charge in [0.2, 0.25) is 0 Å². The number of hydrogen-bond acceptors (Lipinski definition) is 1. The molecule has 2 nitrogen and oxygen atoms in total. The molecule has 2 aliphatic rings. The molecule has 0 unspecified atom stereocenters. The maximum atomic E-state index is 2.57. The highest BCUT2D eigenvalue weighted by atomic mass is 15.2. The summed E-state index contributed by atoms with van der Waals surface area (Å²) >= 11 is 0. The largest absolute Gasteiger partial charge is 0.310 e. The Balaban J connectivity index is 1.14. The zero-order chi connectivity index (χ0) is 37.8.